The maximum atomic E-state index is 12.0. The molecule has 0 bridgehead atoms. The summed E-state index contributed by atoms with van der Waals surface area (Å²) in [6.07, 6.45) is -4.39. The van der Waals surface area contributed by atoms with Crippen LogP contribution in [0.1, 0.15) is 18.9 Å². The van der Waals surface area contributed by atoms with Gasteiger partial charge in [-0.1, -0.05) is 12.1 Å². The van der Waals surface area contributed by atoms with E-state index in [-0.39, 0.29) is 18.1 Å². The van der Waals surface area contributed by atoms with Crippen LogP contribution in [0.2, 0.25) is 0 Å². The monoisotopic (exact) mass is 319 g/mol. The Morgan fingerprint density at radius 3 is 2.27 bits per heavy atom. The van der Waals surface area contributed by atoms with Crippen molar-refractivity contribution in [3.8, 4) is 5.75 Å². The van der Waals surface area contributed by atoms with E-state index in [1.807, 2.05) is 0 Å². The van der Waals surface area contributed by atoms with Crippen LogP contribution < -0.4 is 4.74 Å². The molecule has 1 atom stereocenters. The lowest BCUT2D eigenvalue weighted by molar-refractivity contribution is -0.274. The first-order valence-corrected chi connectivity index (χ1v) is 6.43. The van der Waals surface area contributed by atoms with Crippen molar-refractivity contribution < 1.29 is 32.6 Å². The highest BCUT2D eigenvalue weighted by Gasteiger charge is 2.31. The zero-order valence-electron chi connectivity index (χ0n) is 12.1. The van der Waals surface area contributed by atoms with Crippen LogP contribution in [0.15, 0.2) is 24.3 Å². The number of aliphatic carboxylic acids is 1. The summed E-state index contributed by atoms with van der Waals surface area (Å²) in [6.45, 7) is 1.39. The number of carbonyl (C=O) groups is 2. The molecule has 0 saturated carbocycles. The second-order valence-corrected chi connectivity index (χ2v) is 4.71. The molecule has 0 fully saturated rings. The SMILES string of the molecule is CC(C(=O)O)N(C)C(=O)CCc1ccc(OC(F)(F)F)cc1. The molecule has 5 nitrogen and oxygen atoms in total. The number of benzene rings is 1. The Kier molecular flexibility index (Phi) is 5.78. The van der Waals surface area contributed by atoms with Crippen LogP contribution in [0.5, 0.6) is 5.75 Å². The van der Waals surface area contributed by atoms with Crippen molar-refractivity contribution in [2.24, 2.45) is 0 Å². The molecule has 1 amide bonds. The summed E-state index contributed by atoms with van der Waals surface area (Å²) in [5.74, 6) is -1.80. The maximum absolute atomic E-state index is 12.0. The third-order valence-electron chi connectivity index (χ3n) is 3.12. The fourth-order valence-electron chi connectivity index (χ4n) is 1.67. The summed E-state index contributed by atoms with van der Waals surface area (Å²) in [5, 5.41) is 8.81. The van der Waals surface area contributed by atoms with E-state index in [2.05, 4.69) is 4.74 Å². The fourth-order valence-corrected chi connectivity index (χ4v) is 1.67. The quantitative estimate of drug-likeness (QED) is 0.874. The first-order valence-electron chi connectivity index (χ1n) is 6.43. The summed E-state index contributed by atoms with van der Waals surface area (Å²) < 4.78 is 39.8. The van der Waals surface area contributed by atoms with E-state index in [1.165, 1.54) is 26.1 Å². The van der Waals surface area contributed by atoms with Crippen molar-refractivity contribution in [1.29, 1.82) is 0 Å². The summed E-state index contributed by atoms with van der Waals surface area (Å²) >= 11 is 0. The standard InChI is InChI=1S/C14H16F3NO4/c1-9(13(20)21)18(2)12(19)8-5-10-3-6-11(7-4-10)22-14(15,16)17/h3-4,6-7,9H,5,8H2,1-2H3,(H,20,21). The van der Waals surface area contributed by atoms with Crippen LogP contribution in [0, 0.1) is 0 Å². The second-order valence-electron chi connectivity index (χ2n) is 4.71. The minimum Gasteiger partial charge on any atom is -0.480 e. The summed E-state index contributed by atoms with van der Waals surface area (Å²) in [4.78, 5) is 23.7. The number of rotatable bonds is 6. The molecule has 0 aliphatic carbocycles. The van der Waals surface area contributed by atoms with Gasteiger partial charge in [0.1, 0.15) is 11.8 Å². The summed E-state index contributed by atoms with van der Waals surface area (Å²) in [7, 11) is 1.39. The molecule has 0 aromatic heterocycles. The number of aryl methyl sites for hydroxylation is 1. The van der Waals surface area contributed by atoms with Gasteiger partial charge in [0, 0.05) is 13.5 Å². The van der Waals surface area contributed by atoms with Gasteiger partial charge < -0.3 is 14.7 Å². The second kappa shape index (κ2) is 7.15. The number of ether oxygens (including phenoxy) is 1. The topological polar surface area (TPSA) is 66.8 Å². The van der Waals surface area contributed by atoms with Crippen LogP contribution in [0.25, 0.3) is 0 Å². The number of halogens is 3. The van der Waals surface area contributed by atoms with E-state index in [1.54, 1.807) is 0 Å². The van der Waals surface area contributed by atoms with E-state index in [9.17, 15) is 22.8 Å². The molecular formula is C14H16F3NO4. The Morgan fingerprint density at radius 2 is 1.82 bits per heavy atom. The maximum Gasteiger partial charge on any atom is 0.573 e. The van der Waals surface area contributed by atoms with Gasteiger partial charge in [0.15, 0.2) is 0 Å². The Morgan fingerprint density at radius 1 is 1.27 bits per heavy atom. The Balaban J connectivity index is 2.55. The zero-order valence-corrected chi connectivity index (χ0v) is 12.1. The first-order chi connectivity index (χ1) is 10.1. The van der Waals surface area contributed by atoms with E-state index in [4.69, 9.17) is 5.11 Å². The van der Waals surface area contributed by atoms with E-state index < -0.39 is 18.4 Å². The molecule has 0 spiro atoms. The van der Waals surface area contributed by atoms with Gasteiger partial charge in [-0.3, -0.25) is 4.79 Å². The number of carboxylic acid groups (broad SMARTS) is 1. The van der Waals surface area contributed by atoms with E-state index in [0.29, 0.717) is 12.0 Å². The molecule has 0 radical (unpaired) electrons. The molecule has 0 aliphatic rings. The van der Waals surface area contributed by atoms with Crippen LogP contribution in [0.4, 0.5) is 13.2 Å². The predicted octanol–water partition coefficient (Wildman–Crippen LogP) is 2.45. The molecule has 0 aliphatic heterocycles. The number of carbonyl (C=O) groups excluding carboxylic acids is 1. The third kappa shape index (κ3) is 5.63. The number of amides is 1. The van der Waals surface area contributed by atoms with Crippen LogP contribution in [-0.4, -0.2) is 41.3 Å². The van der Waals surface area contributed by atoms with Gasteiger partial charge in [-0.2, -0.15) is 0 Å². The number of likely N-dealkylation sites (N-methyl/N-ethyl adjacent to an activating group) is 1. The molecule has 1 N–H and O–H groups in total. The average molecular weight is 319 g/mol. The van der Waals surface area contributed by atoms with Crippen LogP contribution >= 0.6 is 0 Å². The number of carboxylic acids is 1. The molecule has 1 rings (SSSR count). The van der Waals surface area contributed by atoms with Crippen molar-refractivity contribution in [1.82, 2.24) is 4.90 Å². The van der Waals surface area contributed by atoms with Crippen molar-refractivity contribution in [2.45, 2.75) is 32.2 Å². The first kappa shape index (κ1) is 17.8. The molecule has 1 aromatic carbocycles. The molecular weight excluding hydrogens is 303 g/mol. The third-order valence-corrected chi connectivity index (χ3v) is 3.12. The number of hydrogen-bond acceptors (Lipinski definition) is 3. The van der Waals surface area contributed by atoms with Gasteiger partial charge in [0.2, 0.25) is 5.91 Å². The Hall–Kier alpha value is -2.25. The molecule has 1 unspecified atom stereocenters. The van der Waals surface area contributed by atoms with Crippen molar-refractivity contribution in [3.63, 3.8) is 0 Å². The number of hydrogen-bond donors (Lipinski definition) is 1. The smallest absolute Gasteiger partial charge is 0.480 e. The largest absolute Gasteiger partial charge is 0.573 e. The fraction of sp³-hybridized carbons (Fsp3) is 0.429. The van der Waals surface area contributed by atoms with E-state index in [0.717, 1.165) is 17.0 Å². The lowest BCUT2D eigenvalue weighted by Gasteiger charge is -2.21. The lowest BCUT2D eigenvalue weighted by Crippen LogP contribution is -2.40. The molecule has 0 saturated heterocycles. The van der Waals surface area contributed by atoms with Gasteiger partial charge in [0.25, 0.3) is 0 Å². The molecule has 8 heteroatoms. The van der Waals surface area contributed by atoms with Gasteiger partial charge in [-0.05, 0) is 31.0 Å². The van der Waals surface area contributed by atoms with Crippen molar-refractivity contribution >= 4 is 11.9 Å². The van der Waals surface area contributed by atoms with Crippen molar-refractivity contribution in [3.05, 3.63) is 29.8 Å². The molecule has 22 heavy (non-hydrogen) atoms. The van der Waals surface area contributed by atoms with Crippen LogP contribution in [-0.2, 0) is 16.0 Å². The molecule has 0 heterocycles. The van der Waals surface area contributed by atoms with Gasteiger partial charge in [-0.15, -0.1) is 13.2 Å². The predicted molar refractivity (Wildman–Crippen MR) is 71.3 cm³/mol. The highest BCUT2D eigenvalue weighted by molar-refractivity contribution is 5.83. The highest BCUT2D eigenvalue weighted by atomic mass is 19.4. The Labute approximate surface area is 125 Å². The molecule has 122 valence electrons. The minimum absolute atomic E-state index is 0.0631. The van der Waals surface area contributed by atoms with Crippen molar-refractivity contribution in [2.75, 3.05) is 7.05 Å². The lowest BCUT2D eigenvalue weighted by atomic mass is 10.1. The normalized spacial score (nSPS) is 12.6. The van der Waals surface area contributed by atoms with Crippen LogP contribution in [0.3, 0.4) is 0 Å². The van der Waals surface area contributed by atoms with Gasteiger partial charge in [0.05, 0.1) is 0 Å². The summed E-state index contributed by atoms with van der Waals surface area (Å²) in [5.41, 5.74) is 0.652. The summed E-state index contributed by atoms with van der Waals surface area (Å²) in [6, 6.07) is 4.24. The van der Waals surface area contributed by atoms with Gasteiger partial charge >= 0.3 is 12.3 Å². The highest BCUT2D eigenvalue weighted by Crippen LogP contribution is 2.23. The van der Waals surface area contributed by atoms with Gasteiger partial charge in [-0.25, -0.2) is 4.79 Å². The number of nitrogens with zero attached hydrogens (tertiary/aromatic N) is 1. The Bertz CT molecular complexity index is 528. The molecule has 1 aromatic rings. The minimum atomic E-state index is -4.74. The number of alkyl halides is 3. The zero-order chi connectivity index (χ0) is 16.9. The van der Waals surface area contributed by atoms with E-state index >= 15 is 0 Å². The average Bonchev–Trinajstić information content (AvgIpc) is 2.42.